The summed E-state index contributed by atoms with van der Waals surface area (Å²) < 4.78 is 0. The Labute approximate surface area is 118 Å². The summed E-state index contributed by atoms with van der Waals surface area (Å²) in [6, 6.07) is 5.94. The third-order valence-electron chi connectivity index (χ3n) is 3.58. The predicted octanol–water partition coefficient (Wildman–Crippen LogP) is 1.54. The van der Waals surface area contributed by atoms with E-state index in [-0.39, 0.29) is 5.91 Å². The Morgan fingerprint density at radius 3 is 2.35 bits per heavy atom. The number of piperazine rings is 1. The number of nitrogens with zero attached hydrogens (tertiary/aromatic N) is 3. The van der Waals surface area contributed by atoms with E-state index < -0.39 is 0 Å². The maximum atomic E-state index is 12.1. The van der Waals surface area contributed by atoms with Crippen LogP contribution in [0.1, 0.15) is 11.1 Å². The van der Waals surface area contributed by atoms with Gasteiger partial charge in [0.05, 0.1) is 24.9 Å². The molecule has 108 valence electrons. The zero-order chi connectivity index (χ0) is 14.5. The number of amides is 1. The molecule has 1 aliphatic rings. The Morgan fingerprint density at radius 2 is 1.80 bits per heavy atom. The van der Waals surface area contributed by atoms with Crippen molar-refractivity contribution in [1.82, 2.24) is 9.91 Å². The lowest BCUT2D eigenvalue weighted by Crippen LogP contribution is -2.46. The fraction of sp³-hybridized carbons (Fsp3) is 0.500. The third kappa shape index (κ3) is 3.54. The van der Waals surface area contributed by atoms with Crippen LogP contribution < -0.4 is 5.32 Å². The summed E-state index contributed by atoms with van der Waals surface area (Å²) >= 11 is 0. The zero-order valence-electron chi connectivity index (χ0n) is 11.9. The first-order valence-electron chi connectivity index (χ1n) is 6.77. The van der Waals surface area contributed by atoms with Crippen LogP contribution in [0, 0.1) is 18.8 Å². The number of para-hydroxylation sites is 1. The lowest BCUT2D eigenvalue weighted by Gasteiger charge is -2.30. The van der Waals surface area contributed by atoms with Crippen molar-refractivity contribution in [2.75, 3.05) is 38.0 Å². The van der Waals surface area contributed by atoms with Gasteiger partial charge in [0, 0.05) is 18.8 Å². The second-order valence-corrected chi connectivity index (χ2v) is 5.13. The number of rotatable bonds is 4. The zero-order valence-corrected chi connectivity index (χ0v) is 11.9. The number of hydrogen-bond donors (Lipinski definition) is 1. The molecule has 0 radical (unpaired) electrons. The van der Waals surface area contributed by atoms with Crippen molar-refractivity contribution in [3.05, 3.63) is 34.2 Å². The topological polar surface area (TPSA) is 65.0 Å². The SMILES string of the molecule is Cc1cccc(C)c1NC(=O)CN1CCN(N=O)CC1. The molecule has 1 saturated heterocycles. The van der Waals surface area contributed by atoms with Gasteiger partial charge >= 0.3 is 0 Å². The van der Waals surface area contributed by atoms with Crippen LogP contribution >= 0.6 is 0 Å². The molecule has 1 aromatic rings. The van der Waals surface area contributed by atoms with Gasteiger partial charge in [-0.3, -0.25) is 14.7 Å². The van der Waals surface area contributed by atoms with E-state index in [0.29, 0.717) is 32.7 Å². The molecule has 0 saturated carbocycles. The average molecular weight is 276 g/mol. The summed E-state index contributed by atoms with van der Waals surface area (Å²) in [5, 5.41) is 7.37. The number of carbonyl (C=O) groups excluding carboxylic acids is 1. The highest BCUT2D eigenvalue weighted by atomic mass is 16.3. The predicted molar refractivity (Wildman–Crippen MR) is 78.4 cm³/mol. The smallest absolute Gasteiger partial charge is 0.238 e. The number of anilines is 1. The number of nitrogens with one attached hydrogen (secondary N) is 1. The van der Waals surface area contributed by atoms with Crippen LogP contribution in [0.4, 0.5) is 5.69 Å². The molecule has 1 N–H and O–H groups in total. The van der Waals surface area contributed by atoms with Crippen molar-refractivity contribution >= 4 is 11.6 Å². The van der Waals surface area contributed by atoms with E-state index in [4.69, 9.17) is 0 Å². The molecule has 1 amide bonds. The first-order chi connectivity index (χ1) is 9.60. The molecule has 1 aliphatic heterocycles. The minimum atomic E-state index is -0.0186. The van der Waals surface area contributed by atoms with Crippen molar-refractivity contribution in [1.29, 1.82) is 0 Å². The van der Waals surface area contributed by atoms with Crippen molar-refractivity contribution in [3.63, 3.8) is 0 Å². The van der Waals surface area contributed by atoms with Crippen LogP contribution in [0.5, 0.6) is 0 Å². The van der Waals surface area contributed by atoms with Crippen molar-refractivity contribution in [2.45, 2.75) is 13.8 Å². The van der Waals surface area contributed by atoms with Gasteiger partial charge in [-0.1, -0.05) is 18.2 Å². The van der Waals surface area contributed by atoms with Gasteiger partial charge in [0.15, 0.2) is 0 Å². The van der Waals surface area contributed by atoms with Crippen LogP contribution in [-0.4, -0.2) is 48.5 Å². The van der Waals surface area contributed by atoms with E-state index in [0.717, 1.165) is 16.8 Å². The van der Waals surface area contributed by atoms with Gasteiger partial charge < -0.3 is 5.32 Å². The number of nitroso groups, excluding NO2 is 1. The molecule has 6 nitrogen and oxygen atoms in total. The molecular formula is C14H20N4O2. The van der Waals surface area contributed by atoms with Crippen LogP contribution in [0.2, 0.25) is 0 Å². The maximum absolute atomic E-state index is 12.1. The number of carbonyl (C=O) groups is 1. The molecule has 2 rings (SSSR count). The quantitative estimate of drug-likeness (QED) is 0.847. The summed E-state index contributed by atoms with van der Waals surface area (Å²) in [6.07, 6.45) is 0. The van der Waals surface area contributed by atoms with E-state index in [1.165, 1.54) is 5.01 Å². The standard InChI is InChI=1S/C14H20N4O2/c1-11-4-3-5-12(2)14(11)15-13(19)10-17-6-8-18(16-20)9-7-17/h3-5H,6-10H2,1-2H3,(H,15,19). The molecule has 0 unspecified atom stereocenters. The Bertz CT molecular complexity index is 476. The second kappa shape index (κ2) is 6.47. The van der Waals surface area contributed by atoms with Crippen LogP contribution in [0.3, 0.4) is 0 Å². The second-order valence-electron chi connectivity index (χ2n) is 5.13. The molecule has 0 aromatic heterocycles. The summed E-state index contributed by atoms with van der Waals surface area (Å²) in [7, 11) is 0. The lowest BCUT2D eigenvalue weighted by atomic mass is 10.1. The highest BCUT2D eigenvalue weighted by molar-refractivity contribution is 5.93. The van der Waals surface area contributed by atoms with E-state index in [1.54, 1.807) is 0 Å². The first-order valence-corrected chi connectivity index (χ1v) is 6.77. The fourth-order valence-corrected chi connectivity index (χ4v) is 2.37. The Hall–Kier alpha value is -1.95. The van der Waals surface area contributed by atoms with Crippen molar-refractivity contribution < 1.29 is 4.79 Å². The fourth-order valence-electron chi connectivity index (χ4n) is 2.37. The molecule has 20 heavy (non-hydrogen) atoms. The summed E-state index contributed by atoms with van der Waals surface area (Å²) in [4.78, 5) is 24.5. The van der Waals surface area contributed by atoms with Gasteiger partial charge in [0.1, 0.15) is 0 Å². The van der Waals surface area contributed by atoms with Gasteiger partial charge in [-0.05, 0) is 25.0 Å². The lowest BCUT2D eigenvalue weighted by molar-refractivity contribution is -0.117. The highest BCUT2D eigenvalue weighted by Gasteiger charge is 2.19. The van der Waals surface area contributed by atoms with E-state index >= 15 is 0 Å². The number of hydrogen-bond acceptors (Lipinski definition) is 4. The summed E-state index contributed by atoms with van der Waals surface area (Å²) in [5.74, 6) is -0.0186. The summed E-state index contributed by atoms with van der Waals surface area (Å²) in [5.41, 5.74) is 3.02. The van der Waals surface area contributed by atoms with Gasteiger partial charge in [-0.2, -0.15) is 0 Å². The first kappa shape index (κ1) is 14.5. The molecule has 6 heteroatoms. The van der Waals surface area contributed by atoms with E-state index in [1.807, 2.05) is 36.9 Å². The van der Waals surface area contributed by atoms with Gasteiger partial charge in [-0.15, -0.1) is 4.91 Å². The normalized spacial score (nSPS) is 16.0. The van der Waals surface area contributed by atoms with E-state index in [9.17, 15) is 9.70 Å². The molecule has 0 bridgehead atoms. The molecule has 0 atom stereocenters. The molecule has 1 aromatic carbocycles. The monoisotopic (exact) mass is 276 g/mol. The maximum Gasteiger partial charge on any atom is 0.238 e. The highest BCUT2D eigenvalue weighted by Crippen LogP contribution is 2.19. The van der Waals surface area contributed by atoms with Gasteiger partial charge in [-0.25, -0.2) is 0 Å². The van der Waals surface area contributed by atoms with Gasteiger partial charge in [0.2, 0.25) is 5.91 Å². The average Bonchev–Trinajstić information content (AvgIpc) is 2.44. The molecule has 1 heterocycles. The van der Waals surface area contributed by atoms with Gasteiger partial charge in [0.25, 0.3) is 0 Å². The minimum absolute atomic E-state index is 0.0186. The number of aryl methyl sites for hydroxylation is 2. The van der Waals surface area contributed by atoms with E-state index in [2.05, 4.69) is 10.6 Å². The molecule has 0 aliphatic carbocycles. The van der Waals surface area contributed by atoms with Crippen LogP contribution in [0.15, 0.2) is 23.5 Å². The molecular weight excluding hydrogens is 256 g/mol. The molecule has 1 fully saturated rings. The number of benzene rings is 1. The van der Waals surface area contributed by atoms with Crippen molar-refractivity contribution in [3.8, 4) is 0 Å². The summed E-state index contributed by atoms with van der Waals surface area (Å²) in [6.45, 7) is 6.85. The van der Waals surface area contributed by atoms with Crippen LogP contribution in [0.25, 0.3) is 0 Å². The molecule has 0 spiro atoms. The minimum Gasteiger partial charge on any atom is -0.324 e. The third-order valence-corrected chi connectivity index (χ3v) is 3.58. The van der Waals surface area contributed by atoms with Crippen molar-refractivity contribution in [2.24, 2.45) is 5.29 Å². The largest absolute Gasteiger partial charge is 0.324 e. The Kier molecular flexibility index (Phi) is 4.68. The Morgan fingerprint density at radius 1 is 1.20 bits per heavy atom. The van der Waals surface area contributed by atoms with Crippen LogP contribution in [-0.2, 0) is 4.79 Å². The Balaban J connectivity index is 1.88.